The molecule has 33 heavy (non-hydrogen) atoms. The van der Waals surface area contributed by atoms with E-state index in [0.29, 0.717) is 25.1 Å². The molecule has 0 bridgehead atoms. The maximum absolute atomic E-state index is 12.4. The third-order valence-electron chi connectivity index (χ3n) is 5.72. The first-order chi connectivity index (χ1) is 16.1. The lowest BCUT2D eigenvalue weighted by molar-refractivity contribution is 0.0954. The van der Waals surface area contributed by atoms with E-state index >= 15 is 0 Å². The molecule has 0 unspecified atom stereocenters. The zero-order valence-electron chi connectivity index (χ0n) is 19.4. The van der Waals surface area contributed by atoms with E-state index in [-0.39, 0.29) is 5.91 Å². The number of nitrogens with zero attached hydrogens (tertiary/aromatic N) is 2. The van der Waals surface area contributed by atoms with Crippen LogP contribution in [0.4, 0.5) is 0 Å². The summed E-state index contributed by atoms with van der Waals surface area (Å²) < 4.78 is 8.17. The number of benzene rings is 3. The number of hydrogen-bond acceptors (Lipinski definition) is 3. The van der Waals surface area contributed by atoms with Crippen molar-refractivity contribution in [3.8, 4) is 5.75 Å². The molecule has 0 fully saturated rings. The maximum Gasteiger partial charge on any atom is 0.251 e. The van der Waals surface area contributed by atoms with Gasteiger partial charge in [0.15, 0.2) is 0 Å². The van der Waals surface area contributed by atoms with Crippen LogP contribution in [0.2, 0.25) is 0 Å². The maximum atomic E-state index is 12.4. The third kappa shape index (κ3) is 6.01. The van der Waals surface area contributed by atoms with Gasteiger partial charge in [0.1, 0.15) is 11.6 Å². The molecular formula is C28H31N3O2. The largest absolute Gasteiger partial charge is 0.494 e. The molecule has 5 nitrogen and oxygen atoms in total. The number of unbranched alkanes of at least 4 members (excludes halogenated alkanes) is 1. The first kappa shape index (κ1) is 22.6. The molecule has 170 valence electrons. The molecule has 0 spiro atoms. The van der Waals surface area contributed by atoms with Crippen molar-refractivity contribution in [2.24, 2.45) is 0 Å². The fourth-order valence-corrected chi connectivity index (χ4v) is 3.93. The van der Waals surface area contributed by atoms with Crippen LogP contribution in [0.15, 0.2) is 72.8 Å². The minimum absolute atomic E-state index is 0.0500. The van der Waals surface area contributed by atoms with Gasteiger partial charge < -0.3 is 14.6 Å². The second-order valence-electron chi connectivity index (χ2n) is 8.41. The number of amides is 1. The van der Waals surface area contributed by atoms with Gasteiger partial charge in [0.2, 0.25) is 0 Å². The minimum Gasteiger partial charge on any atom is -0.494 e. The molecule has 0 saturated carbocycles. The second-order valence-corrected chi connectivity index (χ2v) is 8.41. The summed E-state index contributed by atoms with van der Waals surface area (Å²) in [4.78, 5) is 17.3. The van der Waals surface area contributed by atoms with Crippen LogP contribution in [0, 0.1) is 13.8 Å². The van der Waals surface area contributed by atoms with E-state index in [0.717, 1.165) is 47.6 Å². The Morgan fingerprint density at radius 2 is 1.76 bits per heavy atom. The van der Waals surface area contributed by atoms with E-state index in [2.05, 4.69) is 35.0 Å². The van der Waals surface area contributed by atoms with E-state index in [1.54, 1.807) is 0 Å². The first-order valence-corrected chi connectivity index (χ1v) is 11.6. The molecule has 1 amide bonds. The first-order valence-electron chi connectivity index (χ1n) is 11.6. The molecule has 1 heterocycles. The number of para-hydroxylation sites is 2. The molecule has 0 aliphatic heterocycles. The second kappa shape index (κ2) is 10.8. The topological polar surface area (TPSA) is 56.2 Å². The van der Waals surface area contributed by atoms with E-state index in [1.807, 2.05) is 61.5 Å². The number of carbonyl (C=O) groups is 1. The average Bonchev–Trinajstić information content (AvgIpc) is 3.16. The van der Waals surface area contributed by atoms with E-state index in [1.165, 1.54) is 5.56 Å². The lowest BCUT2D eigenvalue weighted by atomic mass is 10.1. The van der Waals surface area contributed by atoms with Crippen LogP contribution in [-0.4, -0.2) is 28.6 Å². The Morgan fingerprint density at radius 1 is 0.939 bits per heavy atom. The van der Waals surface area contributed by atoms with Crippen molar-refractivity contribution in [3.05, 3.63) is 95.3 Å². The molecule has 3 aromatic carbocycles. The van der Waals surface area contributed by atoms with Crippen LogP contribution < -0.4 is 10.1 Å². The van der Waals surface area contributed by atoms with Gasteiger partial charge in [-0.1, -0.05) is 42.0 Å². The van der Waals surface area contributed by atoms with Gasteiger partial charge in [0.25, 0.3) is 5.91 Å². The van der Waals surface area contributed by atoms with Gasteiger partial charge >= 0.3 is 0 Å². The zero-order valence-corrected chi connectivity index (χ0v) is 19.4. The van der Waals surface area contributed by atoms with Gasteiger partial charge in [0, 0.05) is 25.1 Å². The number of carbonyl (C=O) groups excluding carboxylic acids is 1. The highest BCUT2D eigenvalue weighted by Crippen LogP contribution is 2.18. The van der Waals surface area contributed by atoms with Crippen LogP contribution in [0.3, 0.4) is 0 Å². The summed E-state index contributed by atoms with van der Waals surface area (Å²) in [6.45, 7) is 6.20. The summed E-state index contributed by atoms with van der Waals surface area (Å²) in [5.74, 6) is 1.87. The Morgan fingerprint density at radius 3 is 2.58 bits per heavy atom. The molecule has 0 aliphatic rings. The van der Waals surface area contributed by atoms with Gasteiger partial charge in [-0.2, -0.15) is 0 Å². The predicted octanol–water partition coefficient (Wildman–Crippen LogP) is 5.48. The number of ether oxygens (including phenoxy) is 1. The normalized spacial score (nSPS) is 11.0. The van der Waals surface area contributed by atoms with Crippen LogP contribution in [0.1, 0.15) is 40.2 Å². The molecule has 1 N–H and O–H groups in total. The third-order valence-corrected chi connectivity index (χ3v) is 5.72. The molecule has 0 radical (unpaired) electrons. The summed E-state index contributed by atoms with van der Waals surface area (Å²) in [7, 11) is 0. The highest BCUT2D eigenvalue weighted by atomic mass is 16.5. The number of imidazole rings is 1. The predicted molar refractivity (Wildman–Crippen MR) is 133 cm³/mol. The van der Waals surface area contributed by atoms with Crippen LogP contribution >= 0.6 is 0 Å². The smallest absolute Gasteiger partial charge is 0.251 e. The lowest BCUT2D eigenvalue weighted by Crippen LogP contribution is -2.26. The average molecular weight is 442 g/mol. The Bertz CT molecular complexity index is 1210. The molecule has 4 aromatic rings. The Kier molecular flexibility index (Phi) is 7.40. The zero-order chi connectivity index (χ0) is 23.0. The van der Waals surface area contributed by atoms with E-state index < -0.39 is 0 Å². The SMILES string of the molecule is Cc1ccc(C(=O)NCCc2nc3ccccc3n2CCCCOc2cccc(C)c2)cc1. The molecular weight excluding hydrogens is 410 g/mol. The number of aromatic nitrogens is 2. The number of rotatable bonds is 10. The minimum atomic E-state index is -0.0500. The van der Waals surface area contributed by atoms with E-state index in [4.69, 9.17) is 9.72 Å². The number of nitrogens with one attached hydrogen (secondary N) is 1. The molecule has 1 aromatic heterocycles. The quantitative estimate of drug-likeness (QED) is 0.331. The van der Waals surface area contributed by atoms with Gasteiger partial charge in [-0.15, -0.1) is 0 Å². The molecule has 5 heteroatoms. The van der Waals surface area contributed by atoms with E-state index in [9.17, 15) is 4.79 Å². The van der Waals surface area contributed by atoms with Gasteiger partial charge in [-0.3, -0.25) is 4.79 Å². The number of aryl methyl sites for hydroxylation is 3. The van der Waals surface area contributed by atoms with Crippen molar-refractivity contribution in [2.45, 2.75) is 39.7 Å². The van der Waals surface area contributed by atoms with Crippen LogP contribution in [0.5, 0.6) is 5.75 Å². The number of fused-ring (bicyclic) bond motifs is 1. The monoisotopic (exact) mass is 441 g/mol. The summed E-state index contributed by atoms with van der Waals surface area (Å²) >= 11 is 0. The summed E-state index contributed by atoms with van der Waals surface area (Å²) in [6, 6.07) is 24.0. The van der Waals surface area contributed by atoms with Gasteiger partial charge in [-0.05, 0) is 68.7 Å². The van der Waals surface area contributed by atoms with Crippen molar-refractivity contribution in [2.75, 3.05) is 13.2 Å². The molecule has 0 atom stereocenters. The summed E-state index contributed by atoms with van der Waals surface area (Å²) in [5.41, 5.74) is 5.16. The van der Waals surface area contributed by atoms with Gasteiger partial charge in [-0.25, -0.2) is 4.98 Å². The summed E-state index contributed by atoms with van der Waals surface area (Å²) in [6.07, 6.45) is 2.64. The molecule has 4 rings (SSSR count). The summed E-state index contributed by atoms with van der Waals surface area (Å²) in [5, 5.41) is 3.03. The Hall–Kier alpha value is -3.60. The fraction of sp³-hybridized carbons (Fsp3) is 0.286. The molecule has 0 aliphatic carbocycles. The van der Waals surface area contributed by atoms with Crippen LogP contribution in [-0.2, 0) is 13.0 Å². The fourth-order valence-electron chi connectivity index (χ4n) is 3.93. The highest BCUT2D eigenvalue weighted by Gasteiger charge is 2.11. The Balaban J connectivity index is 1.33. The van der Waals surface area contributed by atoms with Crippen molar-refractivity contribution >= 4 is 16.9 Å². The van der Waals surface area contributed by atoms with Crippen LogP contribution in [0.25, 0.3) is 11.0 Å². The van der Waals surface area contributed by atoms with Gasteiger partial charge in [0.05, 0.1) is 17.6 Å². The van der Waals surface area contributed by atoms with Crippen molar-refractivity contribution in [3.63, 3.8) is 0 Å². The van der Waals surface area contributed by atoms with Crippen molar-refractivity contribution in [1.29, 1.82) is 0 Å². The highest BCUT2D eigenvalue weighted by molar-refractivity contribution is 5.94. The molecule has 0 saturated heterocycles. The van der Waals surface area contributed by atoms with Crippen molar-refractivity contribution in [1.82, 2.24) is 14.9 Å². The number of hydrogen-bond donors (Lipinski definition) is 1. The Labute approximate surface area is 195 Å². The lowest BCUT2D eigenvalue weighted by Gasteiger charge is -2.11. The standard InChI is InChI=1S/C28H31N3O2/c1-21-12-14-23(15-13-21)28(32)29-17-16-27-30-25-10-3-4-11-26(25)31(27)18-5-6-19-33-24-9-7-8-22(2)20-24/h3-4,7-15,20H,5-6,16-19H2,1-2H3,(H,29,32). The van der Waals surface area contributed by atoms with Crippen molar-refractivity contribution < 1.29 is 9.53 Å².